The van der Waals surface area contributed by atoms with E-state index in [1.165, 1.54) is 79.2 Å². The van der Waals surface area contributed by atoms with Crippen LogP contribution in [0.15, 0.2) is 36.4 Å². The minimum atomic E-state index is 0.456. The summed E-state index contributed by atoms with van der Waals surface area (Å²) in [5.41, 5.74) is 6.95. The van der Waals surface area contributed by atoms with Crippen LogP contribution in [0.5, 0.6) is 5.75 Å². The van der Waals surface area contributed by atoms with Gasteiger partial charge < -0.3 is 4.74 Å². The van der Waals surface area contributed by atoms with Crippen molar-refractivity contribution in [1.29, 1.82) is 0 Å². The number of aryl methyl sites for hydroxylation is 3. The SMILES string of the molecule is CCCCCCCOc1ccc(C(c2ccc(C)c(C)c2)C(CC)CCCC)cc1C. The van der Waals surface area contributed by atoms with Crippen molar-refractivity contribution in [2.75, 3.05) is 6.61 Å². The maximum atomic E-state index is 6.14. The number of benzene rings is 2. The lowest BCUT2D eigenvalue weighted by atomic mass is 9.76. The molecule has 0 fully saturated rings. The Kier molecular flexibility index (Phi) is 11.2. The predicted octanol–water partition coefficient (Wildman–Crippen LogP) is 9.31. The number of hydrogen-bond acceptors (Lipinski definition) is 1. The van der Waals surface area contributed by atoms with E-state index in [1.807, 2.05) is 0 Å². The lowest BCUT2D eigenvalue weighted by molar-refractivity contribution is 0.302. The molecule has 0 aromatic heterocycles. The van der Waals surface area contributed by atoms with Crippen molar-refractivity contribution in [3.8, 4) is 5.75 Å². The first-order valence-corrected chi connectivity index (χ1v) is 12.8. The molecule has 0 radical (unpaired) electrons. The lowest BCUT2D eigenvalue weighted by Gasteiger charge is -2.28. The second-order valence-corrected chi connectivity index (χ2v) is 9.42. The monoisotopic (exact) mass is 422 g/mol. The fourth-order valence-corrected chi connectivity index (χ4v) is 4.68. The second kappa shape index (κ2) is 13.6. The van der Waals surface area contributed by atoms with Gasteiger partial charge in [0, 0.05) is 5.92 Å². The molecule has 0 amide bonds. The molecule has 0 aliphatic carbocycles. The van der Waals surface area contributed by atoms with Gasteiger partial charge in [0.25, 0.3) is 0 Å². The van der Waals surface area contributed by atoms with Gasteiger partial charge in [-0.05, 0) is 73.4 Å². The van der Waals surface area contributed by atoms with Crippen molar-refractivity contribution in [3.05, 3.63) is 64.2 Å². The lowest BCUT2D eigenvalue weighted by Crippen LogP contribution is -2.15. The van der Waals surface area contributed by atoms with E-state index in [-0.39, 0.29) is 0 Å². The molecular weight excluding hydrogens is 376 g/mol. The number of rotatable bonds is 14. The van der Waals surface area contributed by atoms with Crippen LogP contribution in [-0.2, 0) is 0 Å². The predicted molar refractivity (Wildman–Crippen MR) is 136 cm³/mol. The van der Waals surface area contributed by atoms with Crippen molar-refractivity contribution in [1.82, 2.24) is 0 Å². The molecule has 0 bridgehead atoms. The highest BCUT2D eigenvalue weighted by atomic mass is 16.5. The van der Waals surface area contributed by atoms with E-state index < -0.39 is 0 Å². The quantitative estimate of drug-likeness (QED) is 0.275. The van der Waals surface area contributed by atoms with Gasteiger partial charge in [-0.3, -0.25) is 0 Å². The van der Waals surface area contributed by atoms with Crippen LogP contribution in [0.4, 0.5) is 0 Å². The zero-order chi connectivity index (χ0) is 22.6. The van der Waals surface area contributed by atoms with Gasteiger partial charge in [0.15, 0.2) is 0 Å². The minimum absolute atomic E-state index is 0.456. The van der Waals surface area contributed by atoms with Crippen molar-refractivity contribution in [2.24, 2.45) is 5.92 Å². The molecule has 2 unspecified atom stereocenters. The first kappa shape index (κ1) is 25.5. The molecule has 172 valence electrons. The average Bonchev–Trinajstić information content (AvgIpc) is 2.76. The van der Waals surface area contributed by atoms with Gasteiger partial charge in [-0.2, -0.15) is 0 Å². The Labute approximate surface area is 192 Å². The van der Waals surface area contributed by atoms with E-state index in [4.69, 9.17) is 4.74 Å². The highest BCUT2D eigenvalue weighted by Crippen LogP contribution is 2.39. The fraction of sp³-hybridized carbons (Fsp3) is 0.600. The standard InChI is InChI=1S/C30H46O/c1-7-10-12-13-14-20-31-29-19-18-28(22-25(29)6)30(26(9-3)15-11-8-2)27-17-16-23(4)24(5)21-27/h16-19,21-22,26,30H,7-15,20H2,1-6H3. The molecule has 0 spiro atoms. The van der Waals surface area contributed by atoms with E-state index in [1.54, 1.807) is 0 Å². The van der Waals surface area contributed by atoms with E-state index in [0.717, 1.165) is 18.8 Å². The van der Waals surface area contributed by atoms with Crippen LogP contribution < -0.4 is 4.74 Å². The van der Waals surface area contributed by atoms with E-state index >= 15 is 0 Å². The number of ether oxygens (including phenoxy) is 1. The Morgan fingerprint density at radius 1 is 0.677 bits per heavy atom. The van der Waals surface area contributed by atoms with Gasteiger partial charge >= 0.3 is 0 Å². The highest BCUT2D eigenvalue weighted by molar-refractivity contribution is 5.43. The maximum absolute atomic E-state index is 6.14. The van der Waals surface area contributed by atoms with Gasteiger partial charge in [0.05, 0.1) is 6.61 Å². The molecule has 2 aromatic carbocycles. The Hall–Kier alpha value is -1.76. The van der Waals surface area contributed by atoms with Crippen LogP contribution >= 0.6 is 0 Å². The third-order valence-electron chi connectivity index (χ3n) is 6.88. The fourth-order valence-electron chi connectivity index (χ4n) is 4.68. The molecule has 31 heavy (non-hydrogen) atoms. The normalized spacial score (nSPS) is 13.2. The molecule has 0 saturated carbocycles. The smallest absolute Gasteiger partial charge is 0.122 e. The van der Waals surface area contributed by atoms with Crippen LogP contribution in [0.2, 0.25) is 0 Å². The van der Waals surface area contributed by atoms with Crippen LogP contribution in [0.3, 0.4) is 0 Å². The third kappa shape index (κ3) is 7.70. The molecule has 0 N–H and O–H groups in total. The van der Waals surface area contributed by atoms with Crippen LogP contribution in [0.1, 0.15) is 112 Å². The molecule has 0 aliphatic rings. The van der Waals surface area contributed by atoms with E-state index in [9.17, 15) is 0 Å². The van der Waals surface area contributed by atoms with Gasteiger partial charge in [-0.1, -0.05) is 96.0 Å². The second-order valence-electron chi connectivity index (χ2n) is 9.42. The van der Waals surface area contributed by atoms with Crippen molar-refractivity contribution < 1.29 is 4.74 Å². The van der Waals surface area contributed by atoms with Crippen molar-refractivity contribution in [2.45, 2.75) is 105 Å². The highest BCUT2D eigenvalue weighted by Gasteiger charge is 2.24. The summed E-state index contributed by atoms with van der Waals surface area (Å²) in [7, 11) is 0. The summed E-state index contributed by atoms with van der Waals surface area (Å²) in [4.78, 5) is 0. The first-order valence-electron chi connectivity index (χ1n) is 12.8. The van der Waals surface area contributed by atoms with E-state index in [0.29, 0.717) is 11.8 Å². The zero-order valence-electron chi connectivity index (χ0n) is 21.1. The van der Waals surface area contributed by atoms with Gasteiger partial charge in [0.2, 0.25) is 0 Å². The summed E-state index contributed by atoms with van der Waals surface area (Å²) in [5, 5.41) is 0. The number of hydrogen-bond donors (Lipinski definition) is 0. The molecule has 2 atom stereocenters. The number of unbranched alkanes of at least 4 members (excludes halogenated alkanes) is 5. The minimum Gasteiger partial charge on any atom is -0.493 e. The topological polar surface area (TPSA) is 9.23 Å². The molecular formula is C30H46O. The average molecular weight is 423 g/mol. The first-order chi connectivity index (χ1) is 15.0. The Bertz CT molecular complexity index is 776. The van der Waals surface area contributed by atoms with Crippen LogP contribution in [-0.4, -0.2) is 6.61 Å². The van der Waals surface area contributed by atoms with Crippen LogP contribution in [0.25, 0.3) is 0 Å². The van der Waals surface area contributed by atoms with Gasteiger partial charge in [0.1, 0.15) is 5.75 Å². The molecule has 1 nitrogen and oxygen atoms in total. The molecule has 1 heteroatoms. The van der Waals surface area contributed by atoms with Crippen LogP contribution in [0, 0.1) is 26.7 Å². The largest absolute Gasteiger partial charge is 0.493 e. The Morgan fingerprint density at radius 2 is 1.32 bits per heavy atom. The summed E-state index contributed by atoms with van der Waals surface area (Å²) < 4.78 is 6.14. The van der Waals surface area contributed by atoms with E-state index in [2.05, 4.69) is 77.9 Å². The molecule has 2 rings (SSSR count). The molecule has 0 heterocycles. The zero-order valence-corrected chi connectivity index (χ0v) is 21.1. The van der Waals surface area contributed by atoms with Crippen molar-refractivity contribution in [3.63, 3.8) is 0 Å². The third-order valence-corrected chi connectivity index (χ3v) is 6.88. The summed E-state index contributed by atoms with van der Waals surface area (Å²) in [5.74, 6) is 2.18. The maximum Gasteiger partial charge on any atom is 0.122 e. The summed E-state index contributed by atoms with van der Waals surface area (Å²) in [6.45, 7) is 14.4. The van der Waals surface area contributed by atoms with Gasteiger partial charge in [-0.15, -0.1) is 0 Å². The summed E-state index contributed by atoms with van der Waals surface area (Å²) in [6.07, 6.45) is 11.5. The molecule has 0 aliphatic heterocycles. The molecule has 0 saturated heterocycles. The Morgan fingerprint density at radius 3 is 1.94 bits per heavy atom. The molecule has 2 aromatic rings. The Balaban J connectivity index is 2.22. The summed E-state index contributed by atoms with van der Waals surface area (Å²) in [6, 6.07) is 14.0. The van der Waals surface area contributed by atoms with Gasteiger partial charge in [-0.25, -0.2) is 0 Å². The summed E-state index contributed by atoms with van der Waals surface area (Å²) >= 11 is 0. The van der Waals surface area contributed by atoms with Crippen molar-refractivity contribution >= 4 is 0 Å².